The van der Waals surface area contributed by atoms with Gasteiger partial charge in [0.15, 0.2) is 0 Å². The molecule has 3 aromatic rings. The SMILES string of the molecule is Cc1cccc(C(=O)Nc2cc3cn(CCC=O)nc3cc2C(C)(C)O)n1. The van der Waals surface area contributed by atoms with Crippen molar-refractivity contribution in [2.45, 2.75) is 39.3 Å². The van der Waals surface area contributed by atoms with Crippen molar-refractivity contribution >= 4 is 28.8 Å². The highest BCUT2D eigenvalue weighted by atomic mass is 16.3. The van der Waals surface area contributed by atoms with Crippen LogP contribution in [-0.2, 0) is 16.9 Å². The van der Waals surface area contributed by atoms with E-state index in [1.54, 1.807) is 42.8 Å². The summed E-state index contributed by atoms with van der Waals surface area (Å²) < 4.78 is 1.68. The third-order valence-corrected chi connectivity index (χ3v) is 4.20. The van der Waals surface area contributed by atoms with E-state index < -0.39 is 5.60 Å². The van der Waals surface area contributed by atoms with Gasteiger partial charge in [0.05, 0.1) is 11.1 Å². The molecule has 2 heterocycles. The summed E-state index contributed by atoms with van der Waals surface area (Å²) in [6.07, 6.45) is 3.03. The highest BCUT2D eigenvalue weighted by molar-refractivity contribution is 6.04. The predicted molar refractivity (Wildman–Crippen MR) is 103 cm³/mol. The van der Waals surface area contributed by atoms with E-state index in [-0.39, 0.29) is 5.91 Å². The smallest absolute Gasteiger partial charge is 0.274 e. The summed E-state index contributed by atoms with van der Waals surface area (Å²) in [4.78, 5) is 27.4. The lowest BCUT2D eigenvalue weighted by Gasteiger charge is -2.22. The van der Waals surface area contributed by atoms with Crippen LogP contribution in [0.4, 0.5) is 5.69 Å². The van der Waals surface area contributed by atoms with Crippen LogP contribution in [0.3, 0.4) is 0 Å². The molecule has 7 nitrogen and oxygen atoms in total. The van der Waals surface area contributed by atoms with Gasteiger partial charge in [-0.15, -0.1) is 0 Å². The summed E-state index contributed by atoms with van der Waals surface area (Å²) >= 11 is 0. The molecule has 2 aromatic heterocycles. The minimum Gasteiger partial charge on any atom is -0.386 e. The number of hydrogen-bond donors (Lipinski definition) is 2. The van der Waals surface area contributed by atoms with Gasteiger partial charge in [0.1, 0.15) is 12.0 Å². The Balaban J connectivity index is 2.01. The molecule has 0 bridgehead atoms. The number of fused-ring (bicyclic) bond motifs is 1. The van der Waals surface area contributed by atoms with Gasteiger partial charge in [-0.2, -0.15) is 5.10 Å². The van der Waals surface area contributed by atoms with Crippen LogP contribution in [-0.4, -0.2) is 32.1 Å². The predicted octanol–water partition coefficient (Wildman–Crippen LogP) is 2.81. The van der Waals surface area contributed by atoms with Crippen LogP contribution in [0, 0.1) is 6.92 Å². The molecule has 3 rings (SSSR count). The topological polar surface area (TPSA) is 97.1 Å². The molecular weight excluding hydrogens is 344 g/mol. The van der Waals surface area contributed by atoms with Crippen molar-refractivity contribution in [1.29, 1.82) is 0 Å². The molecule has 0 aliphatic rings. The second-order valence-corrected chi connectivity index (χ2v) is 6.98. The largest absolute Gasteiger partial charge is 0.386 e. The van der Waals surface area contributed by atoms with E-state index >= 15 is 0 Å². The molecule has 0 unspecified atom stereocenters. The maximum absolute atomic E-state index is 12.6. The maximum atomic E-state index is 12.6. The van der Waals surface area contributed by atoms with Crippen molar-refractivity contribution in [3.63, 3.8) is 0 Å². The standard InChI is InChI=1S/C20H22N4O3/c1-13-6-4-7-16(21-13)19(26)22-18-10-14-12-24(8-5-9-25)23-17(14)11-15(18)20(2,3)27/h4,6-7,9-12,27H,5,8H2,1-3H3,(H,22,26). The molecule has 140 valence electrons. The number of anilines is 1. The molecule has 0 aliphatic carbocycles. The molecule has 0 fully saturated rings. The van der Waals surface area contributed by atoms with E-state index in [0.717, 1.165) is 17.4 Å². The van der Waals surface area contributed by atoms with Crippen LogP contribution in [0.25, 0.3) is 10.9 Å². The van der Waals surface area contributed by atoms with Crippen molar-refractivity contribution in [3.05, 3.63) is 53.5 Å². The Bertz CT molecular complexity index is 1000. The first-order valence-corrected chi connectivity index (χ1v) is 8.70. The van der Waals surface area contributed by atoms with Crippen LogP contribution < -0.4 is 5.32 Å². The molecular formula is C20H22N4O3. The lowest BCUT2D eigenvalue weighted by molar-refractivity contribution is -0.108. The fourth-order valence-electron chi connectivity index (χ4n) is 2.89. The van der Waals surface area contributed by atoms with Gasteiger partial charge in [0, 0.05) is 41.5 Å². The Hall–Kier alpha value is -3.06. The number of aliphatic hydroxyl groups is 1. The number of pyridine rings is 1. The van der Waals surface area contributed by atoms with Gasteiger partial charge in [-0.3, -0.25) is 9.48 Å². The Kier molecular flexibility index (Phi) is 5.05. The van der Waals surface area contributed by atoms with Crippen LogP contribution >= 0.6 is 0 Å². The average molecular weight is 366 g/mol. The minimum absolute atomic E-state index is 0.304. The van der Waals surface area contributed by atoms with Crippen molar-refractivity contribution < 1.29 is 14.7 Å². The van der Waals surface area contributed by atoms with E-state index in [0.29, 0.717) is 35.4 Å². The summed E-state index contributed by atoms with van der Waals surface area (Å²) in [5, 5.41) is 18.7. The number of benzene rings is 1. The molecule has 7 heteroatoms. The monoisotopic (exact) mass is 366 g/mol. The zero-order valence-electron chi connectivity index (χ0n) is 15.6. The summed E-state index contributed by atoms with van der Waals surface area (Å²) in [5.41, 5.74) is 1.61. The quantitative estimate of drug-likeness (QED) is 0.654. The van der Waals surface area contributed by atoms with Gasteiger partial charge in [-0.1, -0.05) is 6.07 Å². The molecule has 1 aromatic carbocycles. The van der Waals surface area contributed by atoms with E-state index in [9.17, 15) is 14.7 Å². The Morgan fingerprint density at radius 2 is 2.11 bits per heavy atom. The average Bonchev–Trinajstić information content (AvgIpc) is 3.00. The van der Waals surface area contributed by atoms with Crippen molar-refractivity contribution in [3.8, 4) is 0 Å². The summed E-state index contributed by atoms with van der Waals surface area (Å²) in [6.45, 7) is 5.60. The minimum atomic E-state index is -1.18. The number of hydrogen-bond acceptors (Lipinski definition) is 5. The van der Waals surface area contributed by atoms with E-state index in [2.05, 4.69) is 15.4 Å². The summed E-state index contributed by atoms with van der Waals surface area (Å²) in [5.74, 6) is -0.350. The lowest BCUT2D eigenvalue weighted by atomic mass is 9.95. The molecule has 0 saturated carbocycles. The molecule has 1 amide bonds. The Morgan fingerprint density at radius 3 is 2.78 bits per heavy atom. The fourth-order valence-corrected chi connectivity index (χ4v) is 2.89. The van der Waals surface area contributed by atoms with Gasteiger partial charge in [0.2, 0.25) is 0 Å². The third-order valence-electron chi connectivity index (χ3n) is 4.20. The second kappa shape index (κ2) is 7.28. The van der Waals surface area contributed by atoms with Crippen molar-refractivity contribution in [2.24, 2.45) is 0 Å². The van der Waals surface area contributed by atoms with Gasteiger partial charge in [-0.25, -0.2) is 4.98 Å². The Morgan fingerprint density at radius 1 is 1.33 bits per heavy atom. The van der Waals surface area contributed by atoms with Gasteiger partial charge in [-0.05, 0) is 45.0 Å². The van der Waals surface area contributed by atoms with E-state index in [4.69, 9.17) is 0 Å². The van der Waals surface area contributed by atoms with Crippen LogP contribution in [0.5, 0.6) is 0 Å². The molecule has 0 radical (unpaired) electrons. The number of aldehydes is 1. The van der Waals surface area contributed by atoms with Gasteiger partial charge < -0.3 is 15.2 Å². The van der Waals surface area contributed by atoms with Crippen LogP contribution in [0.1, 0.15) is 42.0 Å². The van der Waals surface area contributed by atoms with Crippen molar-refractivity contribution in [2.75, 3.05) is 5.32 Å². The van der Waals surface area contributed by atoms with Crippen molar-refractivity contribution in [1.82, 2.24) is 14.8 Å². The molecule has 2 N–H and O–H groups in total. The number of carbonyl (C=O) groups is 2. The molecule has 0 spiro atoms. The van der Waals surface area contributed by atoms with Crippen LogP contribution in [0.2, 0.25) is 0 Å². The van der Waals surface area contributed by atoms with Crippen LogP contribution in [0.15, 0.2) is 36.5 Å². The number of amides is 1. The number of carbonyl (C=O) groups excluding carboxylic acids is 2. The summed E-state index contributed by atoms with van der Waals surface area (Å²) in [7, 11) is 0. The number of nitrogens with zero attached hydrogens (tertiary/aromatic N) is 3. The number of rotatable bonds is 6. The zero-order chi connectivity index (χ0) is 19.6. The van der Waals surface area contributed by atoms with E-state index in [1.807, 2.05) is 19.2 Å². The lowest BCUT2D eigenvalue weighted by Crippen LogP contribution is -2.21. The third kappa shape index (κ3) is 4.20. The Labute approximate surface area is 157 Å². The first-order chi connectivity index (χ1) is 12.8. The molecule has 0 aliphatic heterocycles. The molecule has 27 heavy (non-hydrogen) atoms. The fraction of sp³-hybridized carbons (Fsp3) is 0.300. The van der Waals surface area contributed by atoms with E-state index in [1.165, 1.54) is 0 Å². The molecule has 0 atom stereocenters. The molecule has 0 saturated heterocycles. The normalized spacial score (nSPS) is 11.6. The first-order valence-electron chi connectivity index (χ1n) is 8.70. The highest BCUT2D eigenvalue weighted by Crippen LogP contribution is 2.32. The highest BCUT2D eigenvalue weighted by Gasteiger charge is 2.23. The zero-order valence-corrected chi connectivity index (χ0v) is 15.6. The van der Waals surface area contributed by atoms with Gasteiger partial charge in [0.25, 0.3) is 5.91 Å². The number of nitrogens with one attached hydrogen (secondary N) is 1. The maximum Gasteiger partial charge on any atom is 0.274 e. The number of aromatic nitrogens is 3. The van der Waals surface area contributed by atoms with Gasteiger partial charge >= 0.3 is 0 Å². The number of aryl methyl sites for hydroxylation is 2. The second-order valence-electron chi connectivity index (χ2n) is 6.98. The summed E-state index contributed by atoms with van der Waals surface area (Å²) in [6, 6.07) is 8.77. The first kappa shape index (κ1) is 18.7.